The Morgan fingerprint density at radius 2 is 2.30 bits per heavy atom. The minimum Gasteiger partial charge on any atom is -0.496 e. The average molecular weight is 277 g/mol. The number of rotatable bonds is 5. The van der Waals surface area contributed by atoms with Gasteiger partial charge in [-0.25, -0.2) is 10.5 Å². The lowest BCUT2D eigenvalue weighted by molar-refractivity contribution is 0.0948. The van der Waals surface area contributed by atoms with Crippen LogP contribution in [0.4, 0.5) is 0 Å². The third-order valence-electron chi connectivity index (χ3n) is 2.76. The lowest BCUT2D eigenvalue weighted by Gasteiger charge is -2.14. The van der Waals surface area contributed by atoms with Crippen LogP contribution in [0.3, 0.4) is 0 Å². The molecule has 1 unspecified atom stereocenters. The molecule has 1 atom stereocenters. The second-order valence-corrected chi connectivity index (χ2v) is 4.06. The number of para-hydroxylation sites is 1. The molecule has 1 aromatic carbocycles. The van der Waals surface area contributed by atoms with Gasteiger partial charge in [0.2, 0.25) is 0 Å². The molecule has 1 aromatic heterocycles. The van der Waals surface area contributed by atoms with E-state index in [1.165, 1.54) is 18.0 Å². The van der Waals surface area contributed by atoms with Crippen LogP contribution in [-0.2, 0) is 6.54 Å². The molecule has 0 aliphatic carbocycles. The van der Waals surface area contributed by atoms with E-state index >= 15 is 0 Å². The van der Waals surface area contributed by atoms with Crippen molar-refractivity contribution in [3.8, 4) is 5.75 Å². The first-order valence-electron chi connectivity index (χ1n) is 5.87. The summed E-state index contributed by atoms with van der Waals surface area (Å²) in [5.41, 5.74) is 2.68. The summed E-state index contributed by atoms with van der Waals surface area (Å²) < 4.78 is 6.54. The number of nitrogens with one attached hydrogen (secondary N) is 1. The number of hydrogen-bond acceptors (Lipinski definition) is 6. The average Bonchev–Trinajstić information content (AvgIpc) is 2.94. The van der Waals surface area contributed by atoms with Gasteiger partial charge in [-0.1, -0.05) is 23.4 Å². The number of hydrazine groups is 1. The molecule has 4 N–H and O–H groups in total. The molecule has 2 rings (SSSR count). The quantitative estimate of drug-likeness (QED) is 0.390. The molecule has 0 aliphatic heterocycles. The van der Waals surface area contributed by atoms with E-state index in [4.69, 9.17) is 10.6 Å². The van der Waals surface area contributed by atoms with Crippen LogP contribution >= 0.6 is 0 Å². The highest BCUT2D eigenvalue weighted by atomic mass is 16.5. The van der Waals surface area contributed by atoms with Crippen LogP contribution in [0.5, 0.6) is 5.75 Å². The fourth-order valence-corrected chi connectivity index (χ4v) is 1.78. The number of hydrogen-bond donors (Lipinski definition) is 3. The van der Waals surface area contributed by atoms with E-state index in [-0.39, 0.29) is 12.2 Å². The number of amides is 1. The number of ether oxygens (including phenoxy) is 1. The Hall–Kier alpha value is -2.45. The zero-order valence-electron chi connectivity index (χ0n) is 10.9. The van der Waals surface area contributed by atoms with Crippen molar-refractivity contribution in [1.82, 2.24) is 20.4 Å². The van der Waals surface area contributed by atoms with Gasteiger partial charge < -0.3 is 9.84 Å². The van der Waals surface area contributed by atoms with Crippen LogP contribution < -0.4 is 16.0 Å². The van der Waals surface area contributed by atoms with E-state index in [0.717, 1.165) is 0 Å². The Bertz CT molecular complexity index is 598. The minimum absolute atomic E-state index is 0.0831. The molecule has 8 heteroatoms. The van der Waals surface area contributed by atoms with Crippen molar-refractivity contribution in [2.75, 3.05) is 7.11 Å². The van der Waals surface area contributed by atoms with Crippen LogP contribution in [0, 0.1) is 0 Å². The number of nitrogen functional groups attached to an aromatic ring is 1. The maximum Gasteiger partial charge on any atom is 0.287 e. The molecular weight excluding hydrogens is 262 g/mol. The fourth-order valence-electron chi connectivity index (χ4n) is 1.78. The van der Waals surface area contributed by atoms with E-state index in [2.05, 4.69) is 10.3 Å². The summed E-state index contributed by atoms with van der Waals surface area (Å²) >= 11 is 0. The molecule has 20 heavy (non-hydrogen) atoms. The van der Waals surface area contributed by atoms with Gasteiger partial charge in [-0.3, -0.25) is 10.2 Å². The molecule has 2 aromatic rings. The Balaban J connectivity index is 2.13. The van der Waals surface area contributed by atoms with Gasteiger partial charge in [0, 0.05) is 5.56 Å². The number of carbonyl (C=O) groups excluding carboxylic acids is 1. The standard InChI is InChI=1S/C12H15N5O3/c1-20-11-5-3-2-4-8(11)10(18)7-17-6-9(15-16-17)12(19)14-13/h2-6,10,18H,7,13H2,1H3,(H,14,19). The third kappa shape index (κ3) is 2.92. The van der Waals surface area contributed by atoms with Gasteiger partial charge in [0.15, 0.2) is 5.69 Å². The molecule has 0 spiro atoms. The van der Waals surface area contributed by atoms with E-state index in [1.807, 2.05) is 11.5 Å². The van der Waals surface area contributed by atoms with Crippen LogP contribution in [-0.4, -0.2) is 33.1 Å². The van der Waals surface area contributed by atoms with Crippen molar-refractivity contribution in [2.24, 2.45) is 5.84 Å². The molecule has 0 fully saturated rings. The van der Waals surface area contributed by atoms with Gasteiger partial charge in [-0.2, -0.15) is 0 Å². The zero-order chi connectivity index (χ0) is 14.5. The molecule has 0 saturated heterocycles. The summed E-state index contributed by atoms with van der Waals surface area (Å²) in [6.07, 6.45) is 0.572. The van der Waals surface area contributed by atoms with Gasteiger partial charge in [0.1, 0.15) is 11.9 Å². The van der Waals surface area contributed by atoms with E-state index in [9.17, 15) is 9.90 Å². The number of methoxy groups -OCH3 is 1. The first kappa shape index (κ1) is 14.0. The smallest absolute Gasteiger partial charge is 0.287 e. The van der Waals surface area contributed by atoms with Crippen molar-refractivity contribution in [2.45, 2.75) is 12.6 Å². The third-order valence-corrected chi connectivity index (χ3v) is 2.76. The Labute approximate surface area is 115 Å². The normalized spacial score (nSPS) is 11.9. The molecule has 0 radical (unpaired) electrons. The summed E-state index contributed by atoms with van der Waals surface area (Å²) in [5, 5.41) is 17.6. The zero-order valence-corrected chi connectivity index (χ0v) is 10.9. The number of benzene rings is 1. The van der Waals surface area contributed by atoms with E-state index in [0.29, 0.717) is 11.3 Å². The highest BCUT2D eigenvalue weighted by Gasteiger charge is 2.15. The molecule has 0 bridgehead atoms. The summed E-state index contributed by atoms with van der Waals surface area (Å²) in [6, 6.07) is 7.13. The van der Waals surface area contributed by atoms with Gasteiger partial charge in [-0.15, -0.1) is 5.10 Å². The van der Waals surface area contributed by atoms with Crippen molar-refractivity contribution in [3.05, 3.63) is 41.7 Å². The molecule has 0 aliphatic rings. The van der Waals surface area contributed by atoms with Gasteiger partial charge in [0.25, 0.3) is 5.91 Å². The molecular formula is C12H15N5O3. The second kappa shape index (κ2) is 6.13. The fraction of sp³-hybridized carbons (Fsp3) is 0.250. The van der Waals surface area contributed by atoms with Crippen molar-refractivity contribution >= 4 is 5.91 Å². The van der Waals surface area contributed by atoms with E-state index < -0.39 is 12.0 Å². The van der Waals surface area contributed by atoms with Gasteiger partial charge in [-0.05, 0) is 6.07 Å². The van der Waals surface area contributed by atoms with Crippen molar-refractivity contribution < 1.29 is 14.6 Å². The van der Waals surface area contributed by atoms with Gasteiger partial charge in [0.05, 0.1) is 19.9 Å². The Kier molecular flexibility index (Phi) is 4.28. The predicted octanol–water partition coefficient (Wildman–Crippen LogP) is -0.376. The van der Waals surface area contributed by atoms with Crippen LogP contribution in [0.2, 0.25) is 0 Å². The monoisotopic (exact) mass is 277 g/mol. The van der Waals surface area contributed by atoms with Crippen molar-refractivity contribution in [1.29, 1.82) is 0 Å². The molecule has 106 valence electrons. The lowest BCUT2D eigenvalue weighted by Crippen LogP contribution is -2.30. The van der Waals surface area contributed by atoms with Crippen LogP contribution in [0.1, 0.15) is 22.2 Å². The highest BCUT2D eigenvalue weighted by Crippen LogP contribution is 2.25. The molecule has 8 nitrogen and oxygen atoms in total. The maximum atomic E-state index is 11.2. The van der Waals surface area contributed by atoms with E-state index in [1.54, 1.807) is 18.2 Å². The largest absolute Gasteiger partial charge is 0.496 e. The number of nitrogens with zero attached hydrogens (tertiary/aromatic N) is 3. The highest BCUT2D eigenvalue weighted by molar-refractivity contribution is 5.91. The Morgan fingerprint density at radius 3 is 3.00 bits per heavy atom. The summed E-state index contributed by atoms with van der Waals surface area (Å²) in [6.45, 7) is 0.144. The number of aliphatic hydroxyl groups excluding tert-OH is 1. The maximum absolute atomic E-state index is 11.2. The Morgan fingerprint density at radius 1 is 1.55 bits per heavy atom. The second-order valence-electron chi connectivity index (χ2n) is 4.06. The number of aliphatic hydroxyl groups is 1. The lowest BCUT2D eigenvalue weighted by atomic mass is 10.1. The topological polar surface area (TPSA) is 115 Å². The van der Waals surface area contributed by atoms with Crippen LogP contribution in [0.15, 0.2) is 30.5 Å². The first-order chi connectivity index (χ1) is 9.65. The number of carbonyl (C=O) groups is 1. The number of aromatic nitrogens is 3. The first-order valence-corrected chi connectivity index (χ1v) is 5.87. The summed E-state index contributed by atoms with van der Waals surface area (Å²) in [4.78, 5) is 11.2. The minimum atomic E-state index is -0.832. The van der Waals surface area contributed by atoms with Crippen molar-refractivity contribution in [3.63, 3.8) is 0 Å². The molecule has 1 amide bonds. The SMILES string of the molecule is COc1ccccc1C(O)Cn1cc(C(=O)NN)nn1. The summed E-state index contributed by atoms with van der Waals surface area (Å²) in [7, 11) is 1.53. The summed E-state index contributed by atoms with van der Waals surface area (Å²) in [5.74, 6) is 5.05. The van der Waals surface area contributed by atoms with Gasteiger partial charge >= 0.3 is 0 Å². The predicted molar refractivity (Wildman–Crippen MR) is 69.6 cm³/mol. The molecule has 0 saturated carbocycles. The number of nitrogens with two attached hydrogens (primary N) is 1. The van der Waals surface area contributed by atoms with Crippen LogP contribution in [0.25, 0.3) is 0 Å². The molecule has 1 heterocycles.